The Bertz CT molecular complexity index is 1940. The maximum Gasteiger partial charge on any atom is 0.269 e. The van der Waals surface area contributed by atoms with Crippen molar-refractivity contribution in [1.82, 2.24) is 0 Å². The highest BCUT2D eigenvalue weighted by Crippen LogP contribution is 2.58. The Kier molecular flexibility index (Phi) is 6.50. The Morgan fingerprint density at radius 3 is 2.38 bits per heavy atom. The molecule has 4 atom stereocenters. The first-order valence-corrected chi connectivity index (χ1v) is 14.3. The van der Waals surface area contributed by atoms with E-state index in [0.717, 1.165) is 5.56 Å². The number of non-ortho nitro benzene ring substituents is 1. The third-order valence-electron chi connectivity index (χ3n) is 9.13. The van der Waals surface area contributed by atoms with E-state index in [-0.39, 0.29) is 22.6 Å². The first kappa shape index (κ1) is 28.0. The van der Waals surface area contributed by atoms with Gasteiger partial charge in [0.25, 0.3) is 5.69 Å². The Hall–Kier alpha value is -5.77. The number of ketones is 2. The van der Waals surface area contributed by atoms with Crippen LogP contribution < -0.4 is 19.7 Å². The average molecular weight is 602 g/mol. The van der Waals surface area contributed by atoms with Crippen molar-refractivity contribution in [3.05, 3.63) is 129 Å². The molecule has 4 aromatic rings. The van der Waals surface area contributed by atoms with Crippen molar-refractivity contribution in [3.8, 4) is 11.5 Å². The Morgan fingerprint density at radius 1 is 0.911 bits per heavy atom. The third-order valence-corrected chi connectivity index (χ3v) is 9.13. The summed E-state index contributed by atoms with van der Waals surface area (Å²) in [7, 11) is 2.93. The second-order valence-corrected chi connectivity index (χ2v) is 11.2. The van der Waals surface area contributed by atoms with Gasteiger partial charge in [-0.25, -0.2) is 0 Å². The number of nitro groups is 1. The largest absolute Gasteiger partial charge is 0.497 e. The van der Waals surface area contributed by atoms with E-state index in [1.807, 2.05) is 53.5 Å². The molecule has 10 nitrogen and oxygen atoms in total. The first-order chi connectivity index (χ1) is 21.8. The van der Waals surface area contributed by atoms with Gasteiger partial charge >= 0.3 is 0 Å². The van der Waals surface area contributed by atoms with Gasteiger partial charge in [0, 0.05) is 29.1 Å². The lowest BCUT2D eigenvalue weighted by Crippen LogP contribution is -2.51. The highest BCUT2D eigenvalue weighted by Gasteiger charge is 2.70. The number of anilines is 2. The fourth-order valence-corrected chi connectivity index (χ4v) is 7.21. The number of nitrogens with one attached hydrogen (secondary N) is 1. The van der Waals surface area contributed by atoms with Crippen molar-refractivity contribution in [2.24, 2.45) is 5.92 Å². The molecule has 0 aliphatic carbocycles. The summed E-state index contributed by atoms with van der Waals surface area (Å²) in [5.41, 5.74) is 1.33. The molecular weight excluding hydrogens is 574 g/mol. The summed E-state index contributed by atoms with van der Waals surface area (Å²) in [5.74, 6) is -1.89. The number of carbonyl (C=O) groups is 3. The van der Waals surface area contributed by atoms with E-state index in [4.69, 9.17) is 9.47 Å². The van der Waals surface area contributed by atoms with Gasteiger partial charge in [0.15, 0.2) is 11.6 Å². The molecule has 224 valence electrons. The van der Waals surface area contributed by atoms with Crippen LogP contribution in [0.1, 0.15) is 31.8 Å². The van der Waals surface area contributed by atoms with Gasteiger partial charge in [0.1, 0.15) is 23.0 Å². The highest BCUT2D eigenvalue weighted by atomic mass is 16.6. The average Bonchev–Trinajstić information content (AvgIpc) is 3.55. The number of para-hydroxylation sites is 2. The van der Waals surface area contributed by atoms with Gasteiger partial charge in [-0.1, -0.05) is 48.6 Å². The first-order valence-electron chi connectivity index (χ1n) is 14.3. The van der Waals surface area contributed by atoms with Crippen LogP contribution in [0, 0.1) is 16.0 Å². The lowest BCUT2D eigenvalue weighted by Gasteiger charge is -2.37. The van der Waals surface area contributed by atoms with Gasteiger partial charge in [0.2, 0.25) is 5.91 Å². The smallest absolute Gasteiger partial charge is 0.269 e. The van der Waals surface area contributed by atoms with Crippen LogP contribution in [0.4, 0.5) is 17.1 Å². The predicted molar refractivity (Wildman–Crippen MR) is 167 cm³/mol. The number of nitro benzene ring substituents is 1. The molecule has 0 aromatic heterocycles. The summed E-state index contributed by atoms with van der Waals surface area (Å²) >= 11 is 0. The Morgan fingerprint density at radius 2 is 1.64 bits per heavy atom. The van der Waals surface area contributed by atoms with Crippen LogP contribution in [-0.2, 0) is 10.2 Å². The summed E-state index contributed by atoms with van der Waals surface area (Å²) in [6.07, 6.45) is 3.80. The number of ether oxygens (including phenoxy) is 2. The zero-order valence-electron chi connectivity index (χ0n) is 24.3. The molecule has 1 saturated heterocycles. The maximum absolute atomic E-state index is 15.1. The van der Waals surface area contributed by atoms with Gasteiger partial charge in [-0.2, -0.15) is 0 Å². The zero-order valence-corrected chi connectivity index (χ0v) is 24.3. The number of nitrogens with zero attached hydrogens (tertiary/aromatic N) is 2. The molecule has 0 unspecified atom stereocenters. The van der Waals surface area contributed by atoms with Crippen molar-refractivity contribution >= 4 is 40.6 Å². The van der Waals surface area contributed by atoms with E-state index in [9.17, 15) is 19.7 Å². The highest BCUT2D eigenvalue weighted by molar-refractivity contribution is 6.19. The molecular formula is C35H27N3O7. The number of methoxy groups -OCH3 is 2. The van der Waals surface area contributed by atoms with Crippen LogP contribution in [0.5, 0.6) is 11.5 Å². The van der Waals surface area contributed by atoms with Crippen LogP contribution in [0.3, 0.4) is 0 Å². The topological polar surface area (TPSA) is 128 Å². The normalized spacial score (nSPS) is 22.3. The van der Waals surface area contributed by atoms with E-state index in [1.54, 1.807) is 30.3 Å². The third kappa shape index (κ3) is 3.98. The van der Waals surface area contributed by atoms with Gasteiger partial charge in [-0.15, -0.1) is 0 Å². The Balaban J connectivity index is 1.53. The Labute approximate surface area is 258 Å². The summed E-state index contributed by atoms with van der Waals surface area (Å²) in [6, 6.07) is 23.0. The predicted octanol–water partition coefficient (Wildman–Crippen LogP) is 5.47. The molecule has 1 spiro atoms. The van der Waals surface area contributed by atoms with Crippen LogP contribution in [0.25, 0.3) is 6.08 Å². The molecule has 7 rings (SSSR count). The SMILES string of the molecule is COc1ccc(OC)c(C(=O)[C@@H]2[C@H](C(=O)c3ccc([N+](=O)[O-])cc3)N3c4ccccc4C=C[C@H]3[C@]23C(=O)Nc2ccccc23)c1. The number of fused-ring (bicyclic) bond motifs is 6. The van der Waals surface area contributed by atoms with Crippen molar-refractivity contribution in [3.63, 3.8) is 0 Å². The molecule has 1 N–H and O–H groups in total. The molecule has 0 saturated carbocycles. The summed E-state index contributed by atoms with van der Waals surface area (Å²) in [6.45, 7) is 0. The van der Waals surface area contributed by atoms with E-state index in [1.165, 1.54) is 38.5 Å². The molecule has 3 aliphatic rings. The minimum Gasteiger partial charge on any atom is -0.497 e. The molecule has 1 fully saturated rings. The fraction of sp³-hybridized carbons (Fsp3) is 0.171. The van der Waals surface area contributed by atoms with Crippen LogP contribution >= 0.6 is 0 Å². The zero-order chi connectivity index (χ0) is 31.5. The van der Waals surface area contributed by atoms with Crippen molar-refractivity contribution in [2.75, 3.05) is 24.4 Å². The number of hydrogen-bond acceptors (Lipinski definition) is 8. The lowest BCUT2D eigenvalue weighted by atomic mass is 9.64. The molecule has 0 bridgehead atoms. The second-order valence-electron chi connectivity index (χ2n) is 11.2. The van der Waals surface area contributed by atoms with Gasteiger partial charge < -0.3 is 19.7 Å². The van der Waals surface area contributed by atoms with Crippen molar-refractivity contribution in [2.45, 2.75) is 17.5 Å². The lowest BCUT2D eigenvalue weighted by molar-refractivity contribution is -0.384. The minimum absolute atomic E-state index is 0.164. The number of Topliss-reactive ketones (excluding diaryl/α,β-unsaturated/α-hetero) is 2. The van der Waals surface area contributed by atoms with Crippen LogP contribution in [0.2, 0.25) is 0 Å². The van der Waals surface area contributed by atoms with Crippen molar-refractivity contribution < 1.29 is 28.8 Å². The molecule has 1 amide bonds. The molecule has 45 heavy (non-hydrogen) atoms. The second kappa shape index (κ2) is 10.4. The van der Waals surface area contributed by atoms with Gasteiger partial charge in [-0.3, -0.25) is 24.5 Å². The molecule has 3 heterocycles. The minimum atomic E-state index is -1.52. The number of amides is 1. The summed E-state index contributed by atoms with van der Waals surface area (Å²) in [5, 5.41) is 14.4. The van der Waals surface area contributed by atoms with Crippen molar-refractivity contribution in [1.29, 1.82) is 0 Å². The van der Waals surface area contributed by atoms with E-state index in [0.29, 0.717) is 22.7 Å². The van der Waals surface area contributed by atoms with Crippen LogP contribution in [-0.4, -0.2) is 48.7 Å². The standard InChI is InChI=1S/C35H27N3O7/c1-44-23-16-17-28(45-2)24(19-23)33(40)30-31(32(39)21-11-14-22(15-12-21)38(42)43)37-27-10-6-3-7-20(27)13-18-29(37)35(30)25-8-4-5-9-26(25)36-34(35)41/h3-19,29-31H,1-2H3,(H,36,41)/t29-,30-,31+,35-/m0/s1. The van der Waals surface area contributed by atoms with E-state index < -0.39 is 45.8 Å². The molecule has 10 heteroatoms. The number of rotatable bonds is 7. The number of carbonyl (C=O) groups excluding carboxylic acids is 3. The van der Waals surface area contributed by atoms with Crippen LogP contribution in [0.15, 0.2) is 97.1 Å². The quantitative estimate of drug-likeness (QED) is 0.168. The monoisotopic (exact) mass is 601 g/mol. The van der Waals surface area contributed by atoms with Gasteiger partial charge in [-0.05, 0) is 53.6 Å². The van der Waals surface area contributed by atoms with E-state index in [2.05, 4.69) is 5.32 Å². The van der Waals surface area contributed by atoms with E-state index >= 15 is 4.79 Å². The fourth-order valence-electron chi connectivity index (χ4n) is 7.21. The molecule has 3 aliphatic heterocycles. The summed E-state index contributed by atoms with van der Waals surface area (Å²) < 4.78 is 11.1. The number of hydrogen-bond donors (Lipinski definition) is 1. The number of benzene rings is 4. The summed E-state index contributed by atoms with van der Waals surface area (Å²) in [4.78, 5) is 57.2. The van der Waals surface area contributed by atoms with Gasteiger partial charge in [0.05, 0.1) is 36.7 Å². The molecule has 0 radical (unpaired) electrons. The maximum atomic E-state index is 15.1. The molecule has 4 aromatic carbocycles.